The Morgan fingerprint density at radius 3 is 2.50 bits per heavy atom. The Hall–Kier alpha value is -2.80. The van der Waals surface area contributed by atoms with E-state index in [-0.39, 0.29) is 29.8 Å². The number of nitrogens with zero attached hydrogens (tertiary/aromatic N) is 1. The molecule has 8 heteroatoms. The summed E-state index contributed by atoms with van der Waals surface area (Å²) < 4.78 is 23.3. The van der Waals surface area contributed by atoms with Crippen LogP contribution < -0.4 is 14.8 Å². The summed E-state index contributed by atoms with van der Waals surface area (Å²) in [6, 6.07) is 10.4. The van der Waals surface area contributed by atoms with Crippen molar-refractivity contribution in [1.29, 1.82) is 0 Å². The van der Waals surface area contributed by atoms with Gasteiger partial charge in [-0.25, -0.2) is 4.39 Å². The van der Waals surface area contributed by atoms with Crippen LogP contribution in [0.25, 0.3) is 0 Å². The second kappa shape index (κ2) is 9.05. The van der Waals surface area contributed by atoms with E-state index in [1.165, 1.54) is 24.1 Å². The number of amides is 2. The van der Waals surface area contributed by atoms with E-state index in [9.17, 15) is 14.0 Å². The highest BCUT2D eigenvalue weighted by Gasteiger charge is 2.15. The van der Waals surface area contributed by atoms with Crippen LogP contribution in [0.4, 0.5) is 10.1 Å². The Morgan fingerprint density at radius 2 is 1.88 bits per heavy atom. The van der Waals surface area contributed by atoms with Gasteiger partial charge in [-0.3, -0.25) is 9.59 Å². The summed E-state index contributed by atoms with van der Waals surface area (Å²) in [5.41, 5.74) is 0.589. The van der Waals surface area contributed by atoms with Crippen LogP contribution in [0.3, 0.4) is 0 Å². The molecule has 0 aliphatic heterocycles. The second-order valence-electron chi connectivity index (χ2n) is 5.39. The van der Waals surface area contributed by atoms with E-state index < -0.39 is 11.7 Å². The highest BCUT2D eigenvalue weighted by atomic mass is 35.5. The van der Waals surface area contributed by atoms with Crippen LogP contribution in [0.1, 0.15) is 0 Å². The van der Waals surface area contributed by atoms with Crippen LogP contribution in [0, 0.1) is 5.82 Å². The third-order valence-electron chi connectivity index (χ3n) is 3.43. The Labute approximate surface area is 155 Å². The molecule has 0 aromatic heterocycles. The van der Waals surface area contributed by atoms with Crippen molar-refractivity contribution < 1.29 is 23.5 Å². The molecule has 0 heterocycles. The molecule has 2 amide bonds. The summed E-state index contributed by atoms with van der Waals surface area (Å²) in [6.45, 7) is -0.469. The molecule has 138 valence electrons. The number of hydrogen-bond acceptors (Lipinski definition) is 4. The smallest absolute Gasteiger partial charge is 0.260 e. The lowest BCUT2D eigenvalue weighted by Gasteiger charge is -2.17. The number of nitrogens with one attached hydrogen (secondary N) is 1. The highest BCUT2D eigenvalue weighted by molar-refractivity contribution is 6.32. The average Bonchev–Trinajstić information content (AvgIpc) is 2.61. The number of likely N-dealkylation sites (N-methyl/N-ethyl adjacent to an activating group) is 1. The molecule has 0 radical (unpaired) electrons. The van der Waals surface area contributed by atoms with Crippen LogP contribution in [0.15, 0.2) is 42.5 Å². The van der Waals surface area contributed by atoms with Gasteiger partial charge in [0.2, 0.25) is 5.91 Å². The molecule has 0 saturated heterocycles. The van der Waals surface area contributed by atoms with Gasteiger partial charge < -0.3 is 19.7 Å². The molecule has 1 N–H and O–H groups in total. The lowest BCUT2D eigenvalue weighted by molar-refractivity contribution is -0.135. The van der Waals surface area contributed by atoms with Gasteiger partial charge in [0, 0.05) is 12.7 Å². The molecule has 0 aliphatic rings. The number of benzene rings is 2. The van der Waals surface area contributed by atoms with E-state index in [2.05, 4.69) is 5.32 Å². The fourth-order valence-corrected chi connectivity index (χ4v) is 2.24. The first-order valence-electron chi connectivity index (χ1n) is 7.64. The lowest BCUT2D eigenvalue weighted by atomic mass is 10.3. The normalized spacial score (nSPS) is 10.2. The lowest BCUT2D eigenvalue weighted by Crippen LogP contribution is -2.37. The van der Waals surface area contributed by atoms with Crippen molar-refractivity contribution in [3.63, 3.8) is 0 Å². The maximum absolute atomic E-state index is 13.0. The largest absolute Gasteiger partial charge is 0.497 e. The van der Waals surface area contributed by atoms with Crippen molar-refractivity contribution >= 4 is 29.1 Å². The number of rotatable bonds is 7. The molecular weight excluding hydrogens is 363 g/mol. The molecule has 0 unspecified atom stereocenters. The predicted molar refractivity (Wildman–Crippen MR) is 96.2 cm³/mol. The first-order valence-corrected chi connectivity index (χ1v) is 8.02. The monoisotopic (exact) mass is 380 g/mol. The van der Waals surface area contributed by atoms with Gasteiger partial charge in [0.1, 0.15) is 17.3 Å². The topological polar surface area (TPSA) is 67.9 Å². The summed E-state index contributed by atoms with van der Waals surface area (Å²) in [7, 11) is 3.03. The Balaban J connectivity index is 1.82. The molecule has 0 spiro atoms. The average molecular weight is 381 g/mol. The zero-order chi connectivity index (χ0) is 19.1. The first-order chi connectivity index (χ1) is 12.4. The van der Waals surface area contributed by atoms with Gasteiger partial charge in [0.25, 0.3) is 5.91 Å². The number of methoxy groups -OCH3 is 1. The molecule has 26 heavy (non-hydrogen) atoms. The Morgan fingerprint density at radius 1 is 1.19 bits per heavy atom. The molecule has 0 aliphatic carbocycles. The fraction of sp³-hybridized carbons (Fsp3) is 0.222. The number of ether oxygens (including phenoxy) is 2. The highest BCUT2D eigenvalue weighted by Crippen LogP contribution is 2.24. The fourth-order valence-electron chi connectivity index (χ4n) is 2.02. The molecule has 2 aromatic carbocycles. The molecular formula is C18H18ClFN2O4. The van der Waals surface area contributed by atoms with Crippen molar-refractivity contribution in [2.45, 2.75) is 0 Å². The van der Waals surface area contributed by atoms with Gasteiger partial charge in [-0.15, -0.1) is 0 Å². The molecule has 2 aromatic rings. The van der Waals surface area contributed by atoms with Crippen molar-refractivity contribution in [2.24, 2.45) is 0 Å². The predicted octanol–water partition coefficient (Wildman–Crippen LogP) is 2.96. The van der Waals surface area contributed by atoms with Gasteiger partial charge in [0.15, 0.2) is 6.61 Å². The van der Waals surface area contributed by atoms with E-state index >= 15 is 0 Å². The zero-order valence-corrected chi connectivity index (χ0v) is 15.0. The number of halogens is 2. The molecule has 0 atom stereocenters. The quantitative estimate of drug-likeness (QED) is 0.802. The van der Waals surface area contributed by atoms with Crippen LogP contribution >= 0.6 is 11.6 Å². The third-order valence-corrected chi connectivity index (χ3v) is 3.72. The van der Waals surface area contributed by atoms with Crippen LogP contribution in [-0.2, 0) is 9.59 Å². The van der Waals surface area contributed by atoms with Crippen molar-refractivity contribution in [3.8, 4) is 11.5 Å². The minimum absolute atomic E-state index is 0.0673. The van der Waals surface area contributed by atoms with Gasteiger partial charge >= 0.3 is 0 Å². The SMILES string of the molecule is COc1ccc(NC(=O)CN(C)C(=O)COc2ccc(F)cc2Cl)cc1. The van der Waals surface area contributed by atoms with Gasteiger partial charge in [0.05, 0.1) is 18.7 Å². The maximum atomic E-state index is 13.0. The van der Waals surface area contributed by atoms with Gasteiger partial charge in [-0.2, -0.15) is 0 Å². The minimum atomic E-state index is -0.499. The van der Waals surface area contributed by atoms with Crippen molar-refractivity contribution in [2.75, 3.05) is 32.6 Å². The zero-order valence-electron chi connectivity index (χ0n) is 14.3. The van der Waals surface area contributed by atoms with Crippen LogP contribution in [0.2, 0.25) is 5.02 Å². The number of carbonyl (C=O) groups is 2. The van der Waals surface area contributed by atoms with E-state index in [0.717, 1.165) is 6.07 Å². The Kier molecular flexibility index (Phi) is 6.80. The second-order valence-corrected chi connectivity index (χ2v) is 5.80. The molecule has 0 bridgehead atoms. The molecule has 0 saturated carbocycles. The number of anilines is 1. The first kappa shape index (κ1) is 19.5. The van der Waals surface area contributed by atoms with Gasteiger partial charge in [-0.05, 0) is 42.5 Å². The summed E-state index contributed by atoms with van der Waals surface area (Å²) in [5.74, 6) is -0.411. The van der Waals surface area contributed by atoms with E-state index in [4.69, 9.17) is 21.1 Å². The maximum Gasteiger partial charge on any atom is 0.260 e. The number of hydrogen-bond donors (Lipinski definition) is 1. The summed E-state index contributed by atoms with van der Waals surface area (Å²) in [6.07, 6.45) is 0. The minimum Gasteiger partial charge on any atom is -0.497 e. The van der Waals surface area contributed by atoms with E-state index in [1.807, 2.05) is 0 Å². The van der Waals surface area contributed by atoms with E-state index in [1.54, 1.807) is 31.4 Å². The summed E-state index contributed by atoms with van der Waals surface area (Å²) >= 11 is 5.83. The molecule has 6 nitrogen and oxygen atoms in total. The van der Waals surface area contributed by atoms with Gasteiger partial charge in [-0.1, -0.05) is 11.6 Å². The standard InChI is InChI=1S/C18H18ClFN2O4/c1-22(10-17(23)21-13-4-6-14(25-2)7-5-13)18(24)11-26-16-8-3-12(20)9-15(16)19/h3-9H,10-11H2,1-2H3,(H,21,23). The number of carbonyl (C=O) groups excluding carboxylic acids is 2. The molecule has 2 rings (SSSR count). The molecule has 0 fully saturated rings. The van der Waals surface area contributed by atoms with Crippen LogP contribution in [-0.4, -0.2) is 44.0 Å². The third kappa shape index (κ3) is 5.63. The van der Waals surface area contributed by atoms with Crippen molar-refractivity contribution in [1.82, 2.24) is 4.90 Å². The Bertz CT molecular complexity index is 783. The van der Waals surface area contributed by atoms with E-state index in [0.29, 0.717) is 11.4 Å². The summed E-state index contributed by atoms with van der Waals surface area (Å²) in [4.78, 5) is 25.3. The summed E-state index contributed by atoms with van der Waals surface area (Å²) in [5, 5.41) is 2.74. The van der Waals surface area contributed by atoms with Crippen molar-refractivity contribution in [3.05, 3.63) is 53.3 Å². The van der Waals surface area contributed by atoms with Crippen LogP contribution in [0.5, 0.6) is 11.5 Å².